The summed E-state index contributed by atoms with van der Waals surface area (Å²) in [6.07, 6.45) is 4.19. The maximum absolute atomic E-state index is 12.7. The van der Waals surface area contributed by atoms with Crippen molar-refractivity contribution < 1.29 is 9.53 Å². The van der Waals surface area contributed by atoms with Gasteiger partial charge in [0.2, 0.25) is 0 Å². The van der Waals surface area contributed by atoms with Crippen molar-refractivity contribution >= 4 is 39.1 Å². The predicted octanol–water partition coefficient (Wildman–Crippen LogP) is 3.08. The largest absolute Gasteiger partial charge is 0.381 e. The number of carbonyl (C=O) groups is 1. The van der Waals surface area contributed by atoms with Gasteiger partial charge in [-0.25, -0.2) is 15.0 Å². The van der Waals surface area contributed by atoms with E-state index in [9.17, 15) is 4.79 Å². The molecular formula is C20H21N5O2S. The van der Waals surface area contributed by atoms with Crippen LogP contribution in [0.25, 0.3) is 10.3 Å². The molecule has 1 amide bonds. The van der Waals surface area contributed by atoms with Gasteiger partial charge < -0.3 is 15.0 Å². The molecule has 7 nitrogen and oxygen atoms in total. The lowest BCUT2D eigenvalue weighted by Crippen LogP contribution is -2.38. The van der Waals surface area contributed by atoms with E-state index >= 15 is 0 Å². The van der Waals surface area contributed by atoms with Crippen molar-refractivity contribution in [1.82, 2.24) is 20.3 Å². The maximum atomic E-state index is 12.7. The number of aromatic nitrogens is 3. The van der Waals surface area contributed by atoms with Crippen molar-refractivity contribution in [2.75, 3.05) is 18.1 Å². The van der Waals surface area contributed by atoms with Crippen LogP contribution < -0.4 is 10.2 Å². The number of nitrogens with zero attached hydrogens (tertiary/aromatic N) is 4. The third-order valence-electron chi connectivity index (χ3n) is 5.36. The minimum atomic E-state index is -0.143. The summed E-state index contributed by atoms with van der Waals surface area (Å²) >= 11 is 1.32. The maximum Gasteiger partial charge on any atom is 0.280 e. The Hall–Kier alpha value is -2.58. The molecule has 1 atom stereocenters. The van der Waals surface area contributed by atoms with Gasteiger partial charge in [-0.05, 0) is 37.8 Å². The molecule has 4 heterocycles. The Morgan fingerprint density at radius 3 is 2.93 bits per heavy atom. The first-order valence-electron chi connectivity index (χ1n) is 9.58. The highest BCUT2D eigenvalue weighted by atomic mass is 32.1. The first-order chi connectivity index (χ1) is 13.7. The molecule has 3 aromatic rings. The standard InChI is InChI=1S/C20H21N5O2S/c1-12-10-13-4-2-3-5-15(13)25(12)17-16-19(22-11-21-17)28-20(24-16)18(26)23-14-6-8-27-9-7-14/h2-5,11-12,14H,6-10H2,1H3,(H,23,26)/t12-/m1/s1. The fourth-order valence-electron chi connectivity index (χ4n) is 3.99. The molecule has 2 aliphatic heterocycles. The molecule has 1 aromatic carbocycles. The zero-order valence-electron chi connectivity index (χ0n) is 15.6. The SMILES string of the molecule is C[C@@H]1Cc2ccccc2N1c1ncnc2sc(C(=O)NC3CCOCC3)nc12. The summed E-state index contributed by atoms with van der Waals surface area (Å²) in [7, 11) is 0. The molecule has 0 saturated carbocycles. The van der Waals surface area contributed by atoms with Crippen LogP contribution in [0, 0.1) is 0 Å². The Morgan fingerprint density at radius 2 is 2.07 bits per heavy atom. The van der Waals surface area contributed by atoms with Crippen molar-refractivity contribution in [2.24, 2.45) is 0 Å². The monoisotopic (exact) mass is 395 g/mol. The summed E-state index contributed by atoms with van der Waals surface area (Å²) in [5.74, 6) is 0.625. The molecule has 5 rings (SSSR count). The first-order valence-corrected chi connectivity index (χ1v) is 10.4. The molecule has 1 saturated heterocycles. The van der Waals surface area contributed by atoms with Crippen molar-refractivity contribution in [3.63, 3.8) is 0 Å². The van der Waals surface area contributed by atoms with E-state index in [1.165, 1.54) is 16.9 Å². The van der Waals surface area contributed by atoms with Gasteiger partial charge in [-0.2, -0.15) is 0 Å². The van der Waals surface area contributed by atoms with Crippen molar-refractivity contribution in [1.29, 1.82) is 0 Å². The molecule has 2 aliphatic rings. The number of rotatable bonds is 3. The molecule has 0 aliphatic carbocycles. The molecule has 0 bridgehead atoms. The van der Waals surface area contributed by atoms with E-state index in [1.807, 2.05) is 6.07 Å². The Kier molecular flexibility index (Phi) is 4.44. The van der Waals surface area contributed by atoms with E-state index in [1.54, 1.807) is 6.33 Å². The van der Waals surface area contributed by atoms with E-state index in [2.05, 4.69) is 50.3 Å². The number of hydrogen-bond acceptors (Lipinski definition) is 7. The van der Waals surface area contributed by atoms with Gasteiger partial charge in [-0.15, -0.1) is 0 Å². The van der Waals surface area contributed by atoms with E-state index in [4.69, 9.17) is 4.74 Å². The van der Waals surface area contributed by atoms with Crippen molar-refractivity contribution in [3.8, 4) is 0 Å². The molecule has 1 N–H and O–H groups in total. The Morgan fingerprint density at radius 1 is 1.25 bits per heavy atom. The lowest BCUT2D eigenvalue weighted by atomic mass is 10.1. The van der Waals surface area contributed by atoms with Crippen LogP contribution in [0.15, 0.2) is 30.6 Å². The third kappa shape index (κ3) is 3.02. The topological polar surface area (TPSA) is 80.2 Å². The van der Waals surface area contributed by atoms with Crippen molar-refractivity contribution in [2.45, 2.75) is 38.3 Å². The summed E-state index contributed by atoms with van der Waals surface area (Å²) in [4.78, 5) is 29.2. The van der Waals surface area contributed by atoms with Crippen LogP contribution in [-0.2, 0) is 11.2 Å². The second-order valence-electron chi connectivity index (χ2n) is 7.28. The number of nitrogens with one attached hydrogen (secondary N) is 1. The van der Waals surface area contributed by atoms with E-state index in [0.717, 1.165) is 35.6 Å². The lowest BCUT2D eigenvalue weighted by Gasteiger charge is -2.23. The van der Waals surface area contributed by atoms with Gasteiger partial charge in [0, 0.05) is 31.0 Å². The number of carbonyl (C=O) groups excluding carboxylic acids is 1. The fourth-order valence-corrected chi connectivity index (χ4v) is 4.80. The molecule has 0 radical (unpaired) electrons. The van der Waals surface area contributed by atoms with Crippen LogP contribution in [0.3, 0.4) is 0 Å². The number of thiazole rings is 1. The van der Waals surface area contributed by atoms with Gasteiger partial charge in [0.25, 0.3) is 5.91 Å². The molecule has 1 fully saturated rings. The lowest BCUT2D eigenvalue weighted by molar-refractivity contribution is 0.0696. The predicted molar refractivity (Wildman–Crippen MR) is 108 cm³/mol. The minimum absolute atomic E-state index is 0.143. The molecule has 8 heteroatoms. The highest BCUT2D eigenvalue weighted by Gasteiger charge is 2.30. The quantitative estimate of drug-likeness (QED) is 0.734. The molecule has 0 unspecified atom stereocenters. The summed E-state index contributed by atoms with van der Waals surface area (Å²) in [5, 5.41) is 3.51. The van der Waals surface area contributed by atoms with E-state index in [0.29, 0.717) is 23.7 Å². The molecular weight excluding hydrogens is 374 g/mol. The Balaban J connectivity index is 1.49. The van der Waals surface area contributed by atoms with Gasteiger partial charge in [-0.1, -0.05) is 29.5 Å². The highest BCUT2D eigenvalue weighted by Crippen LogP contribution is 2.40. The van der Waals surface area contributed by atoms with Gasteiger partial charge in [0.05, 0.1) is 0 Å². The highest BCUT2D eigenvalue weighted by molar-refractivity contribution is 7.20. The van der Waals surface area contributed by atoms with E-state index < -0.39 is 0 Å². The van der Waals surface area contributed by atoms with Crippen LogP contribution in [0.5, 0.6) is 0 Å². The summed E-state index contributed by atoms with van der Waals surface area (Å²) in [6.45, 7) is 3.55. The summed E-state index contributed by atoms with van der Waals surface area (Å²) in [6, 6.07) is 8.78. The van der Waals surface area contributed by atoms with Crippen LogP contribution >= 0.6 is 11.3 Å². The number of para-hydroxylation sites is 1. The van der Waals surface area contributed by atoms with E-state index in [-0.39, 0.29) is 18.0 Å². The minimum Gasteiger partial charge on any atom is -0.381 e. The van der Waals surface area contributed by atoms with Gasteiger partial charge in [-0.3, -0.25) is 4.79 Å². The second kappa shape index (κ2) is 7.10. The first kappa shape index (κ1) is 17.5. The second-order valence-corrected chi connectivity index (χ2v) is 8.26. The number of fused-ring (bicyclic) bond motifs is 2. The number of ether oxygens (including phenoxy) is 1. The zero-order valence-corrected chi connectivity index (χ0v) is 16.4. The van der Waals surface area contributed by atoms with Crippen molar-refractivity contribution in [3.05, 3.63) is 41.2 Å². The molecule has 28 heavy (non-hydrogen) atoms. The van der Waals surface area contributed by atoms with Crippen LogP contribution in [0.4, 0.5) is 11.5 Å². The van der Waals surface area contributed by atoms with Gasteiger partial charge in [0.15, 0.2) is 10.8 Å². The molecule has 144 valence electrons. The summed E-state index contributed by atoms with van der Waals surface area (Å²) in [5.41, 5.74) is 3.14. The zero-order chi connectivity index (χ0) is 19.1. The smallest absolute Gasteiger partial charge is 0.280 e. The average Bonchev–Trinajstić information content (AvgIpc) is 3.29. The average molecular weight is 395 g/mol. The Labute approximate surface area is 166 Å². The third-order valence-corrected chi connectivity index (χ3v) is 6.32. The van der Waals surface area contributed by atoms with Crippen LogP contribution in [0.2, 0.25) is 0 Å². The fraction of sp³-hybridized carbons (Fsp3) is 0.400. The molecule has 2 aromatic heterocycles. The normalized spacial score (nSPS) is 19.8. The van der Waals surface area contributed by atoms with Gasteiger partial charge >= 0.3 is 0 Å². The summed E-state index contributed by atoms with van der Waals surface area (Å²) < 4.78 is 5.36. The van der Waals surface area contributed by atoms with Gasteiger partial charge in [0.1, 0.15) is 16.7 Å². The molecule has 0 spiro atoms. The number of benzene rings is 1. The number of amides is 1. The van der Waals surface area contributed by atoms with Crippen LogP contribution in [-0.4, -0.2) is 46.2 Å². The number of anilines is 2. The van der Waals surface area contributed by atoms with Crippen LogP contribution in [0.1, 0.15) is 35.1 Å². The number of hydrogen-bond donors (Lipinski definition) is 1. The Bertz CT molecular complexity index is 1030.